The predicted molar refractivity (Wildman–Crippen MR) is 68.8 cm³/mol. The maximum atomic E-state index is 12.1. The van der Waals surface area contributed by atoms with Gasteiger partial charge >= 0.3 is 0 Å². The zero-order valence-corrected chi connectivity index (χ0v) is 11.5. The van der Waals surface area contributed by atoms with Crippen molar-refractivity contribution in [2.45, 2.75) is 11.3 Å². The van der Waals surface area contributed by atoms with E-state index in [2.05, 4.69) is 19.9 Å². The molecule has 2 rings (SSSR count). The molecule has 0 radical (unpaired) electrons. The Morgan fingerprint density at radius 2 is 2.30 bits per heavy atom. The van der Waals surface area contributed by atoms with Crippen molar-refractivity contribution in [3.05, 3.63) is 36.2 Å². The molecular formula is C11H12N6O2S. The molecule has 0 amide bonds. The highest BCUT2D eigenvalue weighted by Crippen LogP contribution is 2.11. The van der Waals surface area contributed by atoms with Crippen LogP contribution in [-0.2, 0) is 23.5 Å². The third kappa shape index (κ3) is 2.98. The topological polar surface area (TPSA) is 114 Å². The highest BCUT2D eigenvalue weighted by Gasteiger charge is 2.18. The molecule has 0 aliphatic heterocycles. The minimum atomic E-state index is -3.76. The maximum Gasteiger partial charge on any atom is 0.243 e. The summed E-state index contributed by atoms with van der Waals surface area (Å²) in [5.41, 5.74) is -0.126. The molecule has 9 heteroatoms. The molecular weight excluding hydrogens is 280 g/mol. The van der Waals surface area contributed by atoms with Gasteiger partial charge < -0.3 is 4.57 Å². The van der Waals surface area contributed by atoms with E-state index in [1.165, 1.54) is 18.3 Å². The van der Waals surface area contributed by atoms with Crippen LogP contribution >= 0.6 is 0 Å². The van der Waals surface area contributed by atoms with Gasteiger partial charge in [0, 0.05) is 26.2 Å². The summed E-state index contributed by atoms with van der Waals surface area (Å²) < 4.78 is 28.3. The third-order valence-corrected chi connectivity index (χ3v) is 4.10. The Hall–Kier alpha value is -2.31. The monoisotopic (exact) mass is 292 g/mol. The number of sulfonamides is 1. The maximum absolute atomic E-state index is 12.1. The van der Waals surface area contributed by atoms with Crippen LogP contribution in [0.1, 0.15) is 11.5 Å². The van der Waals surface area contributed by atoms with Crippen molar-refractivity contribution < 1.29 is 8.42 Å². The van der Waals surface area contributed by atoms with Crippen LogP contribution in [0.4, 0.5) is 0 Å². The van der Waals surface area contributed by atoms with Gasteiger partial charge in [0.25, 0.3) is 0 Å². The largest absolute Gasteiger partial charge is 0.321 e. The van der Waals surface area contributed by atoms with Gasteiger partial charge in [-0.25, -0.2) is 18.1 Å². The van der Waals surface area contributed by atoms with Crippen LogP contribution in [0.2, 0.25) is 0 Å². The Morgan fingerprint density at radius 3 is 2.95 bits per heavy atom. The molecule has 1 N–H and O–H groups in total. The number of aryl methyl sites for hydroxylation is 1. The molecule has 0 aliphatic carbocycles. The van der Waals surface area contributed by atoms with Gasteiger partial charge in [-0.2, -0.15) is 5.26 Å². The van der Waals surface area contributed by atoms with Crippen molar-refractivity contribution in [3.63, 3.8) is 0 Å². The van der Waals surface area contributed by atoms with E-state index < -0.39 is 10.0 Å². The lowest BCUT2D eigenvalue weighted by Gasteiger charge is -2.07. The molecule has 0 unspecified atom stereocenters. The van der Waals surface area contributed by atoms with Gasteiger partial charge in [0.15, 0.2) is 5.69 Å². The summed E-state index contributed by atoms with van der Waals surface area (Å²) in [6.07, 6.45) is 3.31. The molecule has 2 heterocycles. The van der Waals surface area contributed by atoms with Crippen LogP contribution in [0.5, 0.6) is 0 Å². The second-order valence-corrected chi connectivity index (χ2v) is 5.70. The summed E-state index contributed by atoms with van der Waals surface area (Å²) >= 11 is 0. The Balaban J connectivity index is 2.09. The number of pyridine rings is 1. The minimum Gasteiger partial charge on any atom is -0.321 e. The van der Waals surface area contributed by atoms with Gasteiger partial charge in [-0.15, -0.1) is 10.2 Å². The number of nitriles is 1. The molecule has 0 atom stereocenters. The van der Waals surface area contributed by atoms with Crippen LogP contribution < -0.4 is 4.72 Å². The Morgan fingerprint density at radius 1 is 1.50 bits per heavy atom. The molecule has 2 aromatic rings. The zero-order valence-electron chi connectivity index (χ0n) is 10.7. The van der Waals surface area contributed by atoms with Crippen molar-refractivity contribution in [3.8, 4) is 6.07 Å². The van der Waals surface area contributed by atoms with E-state index in [4.69, 9.17) is 5.26 Å². The second-order valence-electron chi connectivity index (χ2n) is 3.97. The standard InChI is InChI=1S/C11H12N6O2S/c1-17-8-14-16-11(17)4-6-15-20(18,19)10-3-2-5-13-9(10)7-12/h2-3,5,8,15H,4,6H2,1H3. The summed E-state index contributed by atoms with van der Waals surface area (Å²) in [4.78, 5) is 3.60. The normalized spacial score (nSPS) is 11.2. The molecule has 0 aliphatic rings. The van der Waals surface area contributed by atoms with E-state index >= 15 is 0 Å². The van der Waals surface area contributed by atoms with Gasteiger partial charge in [-0.05, 0) is 12.1 Å². The number of aromatic nitrogens is 4. The number of nitrogens with one attached hydrogen (secondary N) is 1. The molecule has 0 spiro atoms. The van der Waals surface area contributed by atoms with E-state index in [0.717, 1.165) is 0 Å². The van der Waals surface area contributed by atoms with E-state index in [0.29, 0.717) is 12.2 Å². The summed E-state index contributed by atoms with van der Waals surface area (Å²) in [7, 11) is -1.99. The first-order chi connectivity index (χ1) is 9.54. The molecule has 104 valence electrons. The number of hydrogen-bond donors (Lipinski definition) is 1. The van der Waals surface area contributed by atoms with E-state index in [-0.39, 0.29) is 17.1 Å². The van der Waals surface area contributed by atoms with Crippen molar-refractivity contribution in [2.75, 3.05) is 6.54 Å². The van der Waals surface area contributed by atoms with Gasteiger partial charge in [0.2, 0.25) is 10.0 Å². The van der Waals surface area contributed by atoms with Crippen LogP contribution in [0, 0.1) is 11.3 Å². The molecule has 0 aromatic carbocycles. The minimum absolute atomic E-state index is 0.125. The Labute approximate surface area is 116 Å². The van der Waals surface area contributed by atoms with Crippen molar-refractivity contribution in [2.24, 2.45) is 7.05 Å². The van der Waals surface area contributed by atoms with Crippen LogP contribution in [0.15, 0.2) is 29.6 Å². The molecule has 0 bridgehead atoms. The fourth-order valence-electron chi connectivity index (χ4n) is 1.60. The molecule has 2 aromatic heterocycles. The van der Waals surface area contributed by atoms with Gasteiger partial charge in [-0.3, -0.25) is 0 Å². The number of rotatable bonds is 5. The molecule has 0 saturated carbocycles. The SMILES string of the molecule is Cn1cnnc1CCNS(=O)(=O)c1cccnc1C#N. The van der Waals surface area contributed by atoms with E-state index in [1.807, 2.05) is 0 Å². The first-order valence-corrected chi connectivity index (χ1v) is 7.20. The van der Waals surface area contributed by atoms with Crippen molar-refractivity contribution >= 4 is 10.0 Å². The first-order valence-electron chi connectivity index (χ1n) is 5.72. The quantitative estimate of drug-likeness (QED) is 0.802. The average Bonchev–Trinajstić information content (AvgIpc) is 2.84. The lowest BCUT2D eigenvalue weighted by atomic mass is 10.4. The van der Waals surface area contributed by atoms with Crippen LogP contribution in [0.3, 0.4) is 0 Å². The highest BCUT2D eigenvalue weighted by atomic mass is 32.2. The smallest absolute Gasteiger partial charge is 0.243 e. The summed E-state index contributed by atoms with van der Waals surface area (Å²) in [6.45, 7) is 0.161. The second kappa shape index (κ2) is 5.77. The predicted octanol–water partition coefficient (Wildman–Crippen LogP) is -0.397. The lowest BCUT2D eigenvalue weighted by Crippen LogP contribution is -2.27. The van der Waals surface area contributed by atoms with Gasteiger partial charge in [0.05, 0.1) is 0 Å². The van der Waals surface area contributed by atoms with Crippen molar-refractivity contribution in [1.82, 2.24) is 24.5 Å². The summed E-state index contributed by atoms with van der Waals surface area (Å²) in [5.74, 6) is 0.666. The van der Waals surface area contributed by atoms with Crippen LogP contribution in [-0.4, -0.2) is 34.7 Å². The molecule has 8 nitrogen and oxygen atoms in total. The molecule has 20 heavy (non-hydrogen) atoms. The Bertz CT molecular complexity index is 746. The average molecular weight is 292 g/mol. The Kier molecular flexibility index (Phi) is 4.07. The fourth-order valence-corrected chi connectivity index (χ4v) is 2.74. The fraction of sp³-hybridized carbons (Fsp3) is 0.273. The summed E-state index contributed by atoms with van der Waals surface area (Å²) in [6, 6.07) is 4.57. The van der Waals surface area contributed by atoms with Crippen molar-refractivity contribution in [1.29, 1.82) is 5.26 Å². The van der Waals surface area contributed by atoms with E-state index in [1.54, 1.807) is 24.0 Å². The van der Waals surface area contributed by atoms with Gasteiger partial charge in [0.1, 0.15) is 23.1 Å². The van der Waals surface area contributed by atoms with E-state index in [9.17, 15) is 8.42 Å². The molecule has 0 fully saturated rings. The third-order valence-electron chi connectivity index (χ3n) is 2.61. The first kappa shape index (κ1) is 14.1. The summed E-state index contributed by atoms with van der Waals surface area (Å²) in [5, 5.41) is 16.4. The number of nitrogens with zero attached hydrogens (tertiary/aromatic N) is 5. The highest BCUT2D eigenvalue weighted by molar-refractivity contribution is 7.89. The van der Waals surface area contributed by atoms with Crippen LogP contribution in [0.25, 0.3) is 0 Å². The zero-order chi connectivity index (χ0) is 14.6. The molecule has 0 saturated heterocycles. The van der Waals surface area contributed by atoms with Gasteiger partial charge in [-0.1, -0.05) is 0 Å². The lowest BCUT2D eigenvalue weighted by molar-refractivity contribution is 0.579. The number of hydrogen-bond acceptors (Lipinski definition) is 6.